The molecule has 4 rings (SSSR count). The number of nitrogens with zero attached hydrogens (tertiary/aromatic N) is 2. The van der Waals surface area contributed by atoms with Gasteiger partial charge in [0, 0.05) is 36.6 Å². The van der Waals surface area contributed by atoms with Crippen LogP contribution in [0.15, 0.2) is 48.7 Å². The molecule has 30 heavy (non-hydrogen) atoms. The molecule has 5 heteroatoms. The van der Waals surface area contributed by atoms with Crippen LogP contribution in [-0.4, -0.2) is 47.7 Å². The second kappa shape index (κ2) is 8.62. The van der Waals surface area contributed by atoms with Crippen molar-refractivity contribution >= 4 is 11.5 Å². The Labute approximate surface area is 178 Å². The molecule has 1 aliphatic heterocycles. The number of carbonyl (C=O) groups is 1. The standard InChI is InChI=1S/C25H30N2O3/c1-17(2)30-25(28)22-16-23-21(20-8-6-5-7-9-20)10-11-27(23)24(18(22)3)19(4)26-12-14-29-15-13-26/h5-11,16-17,19H,12-15H2,1-4H3. The zero-order valence-corrected chi connectivity index (χ0v) is 18.2. The number of fused-ring (bicyclic) bond motifs is 1. The van der Waals surface area contributed by atoms with Gasteiger partial charge in [-0.05, 0) is 51.0 Å². The molecule has 1 aliphatic rings. The van der Waals surface area contributed by atoms with Gasteiger partial charge in [0.05, 0.1) is 30.4 Å². The summed E-state index contributed by atoms with van der Waals surface area (Å²) in [5.74, 6) is -0.263. The van der Waals surface area contributed by atoms with Gasteiger partial charge in [-0.1, -0.05) is 30.3 Å². The quantitative estimate of drug-likeness (QED) is 0.567. The van der Waals surface area contributed by atoms with Crippen LogP contribution < -0.4 is 0 Å². The minimum absolute atomic E-state index is 0.152. The fourth-order valence-corrected chi connectivity index (χ4v) is 4.37. The van der Waals surface area contributed by atoms with Crippen LogP contribution in [0.2, 0.25) is 0 Å². The van der Waals surface area contributed by atoms with Crippen molar-refractivity contribution in [2.45, 2.75) is 39.8 Å². The smallest absolute Gasteiger partial charge is 0.338 e. The predicted molar refractivity (Wildman–Crippen MR) is 119 cm³/mol. The van der Waals surface area contributed by atoms with Crippen molar-refractivity contribution in [1.29, 1.82) is 0 Å². The molecule has 1 fully saturated rings. The monoisotopic (exact) mass is 406 g/mol. The first kappa shape index (κ1) is 20.6. The highest BCUT2D eigenvalue weighted by atomic mass is 16.5. The molecule has 0 radical (unpaired) electrons. The highest BCUT2D eigenvalue weighted by Crippen LogP contribution is 2.34. The Morgan fingerprint density at radius 3 is 2.43 bits per heavy atom. The minimum Gasteiger partial charge on any atom is -0.459 e. The van der Waals surface area contributed by atoms with E-state index in [1.165, 1.54) is 0 Å². The zero-order valence-electron chi connectivity index (χ0n) is 18.2. The molecular formula is C25H30N2O3. The fourth-order valence-electron chi connectivity index (χ4n) is 4.37. The number of benzene rings is 1. The number of pyridine rings is 1. The Hall–Kier alpha value is -2.63. The number of aromatic nitrogens is 1. The Morgan fingerprint density at radius 1 is 1.07 bits per heavy atom. The van der Waals surface area contributed by atoms with Crippen molar-refractivity contribution in [1.82, 2.24) is 9.30 Å². The van der Waals surface area contributed by atoms with E-state index in [1.807, 2.05) is 45.0 Å². The largest absolute Gasteiger partial charge is 0.459 e. The van der Waals surface area contributed by atoms with E-state index in [-0.39, 0.29) is 18.1 Å². The van der Waals surface area contributed by atoms with E-state index in [1.54, 1.807) is 0 Å². The summed E-state index contributed by atoms with van der Waals surface area (Å²) in [5.41, 5.74) is 6.02. The number of rotatable bonds is 5. The van der Waals surface area contributed by atoms with Gasteiger partial charge in [0.2, 0.25) is 0 Å². The molecule has 0 saturated carbocycles. The number of morpholine rings is 1. The Kier molecular flexibility index (Phi) is 5.93. The predicted octanol–water partition coefficient (Wildman–Crippen LogP) is 4.87. The zero-order chi connectivity index (χ0) is 21.3. The van der Waals surface area contributed by atoms with Gasteiger partial charge < -0.3 is 13.9 Å². The van der Waals surface area contributed by atoms with Gasteiger partial charge in [-0.25, -0.2) is 4.79 Å². The molecule has 1 atom stereocenters. The van der Waals surface area contributed by atoms with Gasteiger partial charge in [0.1, 0.15) is 0 Å². The first-order valence-electron chi connectivity index (χ1n) is 10.7. The van der Waals surface area contributed by atoms with Crippen molar-refractivity contribution < 1.29 is 14.3 Å². The van der Waals surface area contributed by atoms with E-state index in [4.69, 9.17) is 9.47 Å². The van der Waals surface area contributed by atoms with Crippen LogP contribution in [0.4, 0.5) is 0 Å². The third-order valence-corrected chi connectivity index (χ3v) is 5.89. The summed E-state index contributed by atoms with van der Waals surface area (Å²) in [6.07, 6.45) is 1.96. The van der Waals surface area contributed by atoms with Crippen LogP contribution in [-0.2, 0) is 9.47 Å². The molecule has 1 aromatic carbocycles. The number of hydrogen-bond acceptors (Lipinski definition) is 4. The van der Waals surface area contributed by atoms with Crippen LogP contribution in [0, 0.1) is 6.92 Å². The number of hydrogen-bond donors (Lipinski definition) is 0. The molecule has 2 aromatic heterocycles. The van der Waals surface area contributed by atoms with Gasteiger partial charge in [-0.3, -0.25) is 4.90 Å². The van der Waals surface area contributed by atoms with Crippen LogP contribution in [0.3, 0.4) is 0 Å². The summed E-state index contributed by atoms with van der Waals surface area (Å²) in [6.45, 7) is 11.3. The van der Waals surface area contributed by atoms with E-state index in [0.717, 1.165) is 54.2 Å². The van der Waals surface area contributed by atoms with Gasteiger partial charge in [-0.2, -0.15) is 0 Å². The molecule has 1 unspecified atom stereocenters. The molecule has 3 aromatic rings. The number of carbonyl (C=O) groups excluding carboxylic acids is 1. The SMILES string of the molecule is Cc1c(C(=O)OC(C)C)cc2c(-c3ccccc3)ccn2c1C(C)N1CCOCC1. The number of ether oxygens (including phenoxy) is 2. The van der Waals surface area contributed by atoms with E-state index < -0.39 is 0 Å². The average Bonchev–Trinajstić information content (AvgIpc) is 3.17. The fraction of sp³-hybridized carbons (Fsp3) is 0.400. The lowest BCUT2D eigenvalue weighted by molar-refractivity contribution is 0.0186. The molecule has 5 nitrogen and oxygen atoms in total. The summed E-state index contributed by atoms with van der Waals surface area (Å²) in [4.78, 5) is 15.4. The van der Waals surface area contributed by atoms with E-state index in [9.17, 15) is 4.79 Å². The minimum atomic E-state index is -0.263. The van der Waals surface area contributed by atoms with Crippen molar-refractivity contribution in [3.8, 4) is 11.1 Å². The maximum absolute atomic E-state index is 13.0. The Balaban J connectivity index is 1.90. The maximum atomic E-state index is 13.0. The lowest BCUT2D eigenvalue weighted by atomic mass is 9.99. The van der Waals surface area contributed by atoms with E-state index in [2.05, 4.69) is 40.6 Å². The second-order valence-corrected chi connectivity index (χ2v) is 8.20. The summed E-state index contributed by atoms with van der Waals surface area (Å²) in [5, 5.41) is 0. The van der Waals surface area contributed by atoms with Crippen LogP contribution in [0.25, 0.3) is 16.6 Å². The highest BCUT2D eigenvalue weighted by Gasteiger charge is 2.26. The molecular weight excluding hydrogens is 376 g/mol. The lowest BCUT2D eigenvalue weighted by Crippen LogP contribution is -2.39. The van der Waals surface area contributed by atoms with E-state index in [0.29, 0.717) is 5.56 Å². The molecule has 0 amide bonds. The van der Waals surface area contributed by atoms with Gasteiger partial charge in [-0.15, -0.1) is 0 Å². The van der Waals surface area contributed by atoms with Gasteiger partial charge in [0.15, 0.2) is 0 Å². The third-order valence-electron chi connectivity index (χ3n) is 5.89. The van der Waals surface area contributed by atoms with E-state index >= 15 is 0 Å². The highest BCUT2D eigenvalue weighted by molar-refractivity contribution is 5.95. The first-order chi connectivity index (χ1) is 14.5. The summed E-state index contributed by atoms with van der Waals surface area (Å²) >= 11 is 0. The summed E-state index contributed by atoms with van der Waals surface area (Å²) in [6, 6.07) is 14.6. The second-order valence-electron chi connectivity index (χ2n) is 8.20. The summed E-state index contributed by atoms with van der Waals surface area (Å²) < 4.78 is 13.4. The van der Waals surface area contributed by atoms with Crippen molar-refractivity contribution in [3.63, 3.8) is 0 Å². The summed E-state index contributed by atoms with van der Waals surface area (Å²) in [7, 11) is 0. The maximum Gasteiger partial charge on any atom is 0.338 e. The van der Waals surface area contributed by atoms with Crippen LogP contribution >= 0.6 is 0 Å². The topological polar surface area (TPSA) is 43.2 Å². The average molecular weight is 407 g/mol. The molecule has 0 bridgehead atoms. The van der Waals surface area contributed by atoms with Gasteiger partial charge >= 0.3 is 5.97 Å². The molecule has 0 spiro atoms. The Bertz CT molecular complexity index is 1030. The first-order valence-corrected chi connectivity index (χ1v) is 10.7. The van der Waals surface area contributed by atoms with Gasteiger partial charge in [0.25, 0.3) is 0 Å². The molecule has 3 heterocycles. The number of esters is 1. The molecule has 0 N–H and O–H groups in total. The molecule has 158 valence electrons. The van der Waals surface area contributed by atoms with Crippen molar-refractivity contribution in [2.75, 3.05) is 26.3 Å². The third kappa shape index (κ3) is 3.87. The lowest BCUT2D eigenvalue weighted by Gasteiger charge is -2.34. The van der Waals surface area contributed by atoms with Crippen LogP contribution in [0.5, 0.6) is 0 Å². The van der Waals surface area contributed by atoms with Crippen molar-refractivity contribution in [3.05, 3.63) is 65.5 Å². The van der Waals surface area contributed by atoms with Crippen LogP contribution in [0.1, 0.15) is 48.4 Å². The normalized spacial score (nSPS) is 16.2. The molecule has 1 saturated heterocycles. The Morgan fingerprint density at radius 2 is 1.77 bits per heavy atom. The van der Waals surface area contributed by atoms with Crippen molar-refractivity contribution in [2.24, 2.45) is 0 Å². The molecule has 0 aliphatic carbocycles.